The van der Waals surface area contributed by atoms with Crippen LogP contribution in [0.1, 0.15) is 11.1 Å². The number of esters is 1. The number of methoxy groups -OCH3 is 1. The second kappa shape index (κ2) is 9.04. The molecule has 0 N–H and O–H groups in total. The van der Waals surface area contributed by atoms with Crippen LogP contribution in [0.4, 0.5) is 4.39 Å². The van der Waals surface area contributed by atoms with E-state index in [4.69, 9.17) is 27.9 Å². The number of benzene rings is 2. The van der Waals surface area contributed by atoms with Crippen molar-refractivity contribution in [3.63, 3.8) is 0 Å². The lowest BCUT2D eigenvalue weighted by Gasteiger charge is -2.10. The summed E-state index contributed by atoms with van der Waals surface area (Å²) in [5.74, 6) is -0.443. The molecule has 0 atom stereocenters. The number of aromatic nitrogens is 1. The van der Waals surface area contributed by atoms with Crippen LogP contribution in [0, 0.1) is 5.82 Å². The van der Waals surface area contributed by atoms with Gasteiger partial charge in [-0.2, -0.15) is 0 Å². The number of carbonyl (C=O) groups is 1. The van der Waals surface area contributed by atoms with Gasteiger partial charge >= 0.3 is 5.97 Å². The van der Waals surface area contributed by atoms with Gasteiger partial charge in [0.2, 0.25) is 5.88 Å². The largest absolute Gasteiger partial charge is 0.473 e. The highest BCUT2D eigenvalue weighted by Crippen LogP contribution is 2.29. The first kappa shape index (κ1) is 20.1. The first-order valence-corrected chi connectivity index (χ1v) is 9.11. The Morgan fingerprint density at radius 1 is 1.11 bits per heavy atom. The second-order valence-electron chi connectivity index (χ2n) is 5.95. The molecule has 0 unspecified atom stereocenters. The molecule has 4 nitrogen and oxygen atoms in total. The predicted octanol–water partition coefficient (Wildman–Crippen LogP) is 5.49. The Kier molecular flexibility index (Phi) is 6.49. The van der Waals surface area contributed by atoms with Crippen LogP contribution >= 0.6 is 23.2 Å². The molecule has 0 spiro atoms. The molecule has 0 aliphatic carbocycles. The Morgan fingerprint density at radius 3 is 2.64 bits per heavy atom. The van der Waals surface area contributed by atoms with E-state index in [1.165, 1.54) is 13.2 Å². The smallest absolute Gasteiger partial charge is 0.309 e. The summed E-state index contributed by atoms with van der Waals surface area (Å²) in [6.07, 6.45) is 0.139. The fourth-order valence-electron chi connectivity index (χ4n) is 2.55. The number of ether oxygens (including phenoxy) is 2. The Bertz CT molecular complexity index is 1010. The molecule has 0 radical (unpaired) electrons. The van der Waals surface area contributed by atoms with Crippen LogP contribution in [0.3, 0.4) is 0 Å². The van der Waals surface area contributed by atoms with Gasteiger partial charge in [0.15, 0.2) is 0 Å². The summed E-state index contributed by atoms with van der Waals surface area (Å²) in [5, 5.41) is 0.779. The Balaban J connectivity index is 1.76. The molecular formula is C21H16Cl2FNO3. The minimum Gasteiger partial charge on any atom is -0.473 e. The SMILES string of the molecule is COC(=O)Cc1ccc(-c2cccc(OCc3ccc(Cl)cc3F)n2)c(Cl)c1. The van der Waals surface area contributed by atoms with Gasteiger partial charge in [-0.1, -0.05) is 47.5 Å². The second-order valence-corrected chi connectivity index (χ2v) is 6.80. The molecule has 1 aromatic heterocycles. The van der Waals surface area contributed by atoms with Gasteiger partial charge in [-0.25, -0.2) is 9.37 Å². The van der Waals surface area contributed by atoms with Crippen molar-refractivity contribution >= 4 is 29.2 Å². The quantitative estimate of drug-likeness (QED) is 0.495. The summed E-state index contributed by atoms with van der Waals surface area (Å²) in [6.45, 7) is 0.0191. The number of halogens is 3. The van der Waals surface area contributed by atoms with Crippen LogP contribution in [-0.2, 0) is 22.6 Å². The average molecular weight is 420 g/mol. The number of nitrogens with zero attached hydrogens (tertiary/aromatic N) is 1. The third-order valence-corrected chi connectivity index (χ3v) is 4.55. The third kappa shape index (κ3) is 5.00. The van der Waals surface area contributed by atoms with Crippen LogP contribution in [0.5, 0.6) is 5.88 Å². The molecule has 1 heterocycles. The molecule has 0 saturated heterocycles. The number of rotatable bonds is 6. The van der Waals surface area contributed by atoms with Crippen LogP contribution in [0.2, 0.25) is 10.0 Å². The molecule has 0 bridgehead atoms. The van der Waals surface area contributed by atoms with Crippen molar-refractivity contribution in [2.75, 3.05) is 7.11 Å². The molecule has 28 heavy (non-hydrogen) atoms. The lowest BCUT2D eigenvalue weighted by Crippen LogP contribution is -2.04. The summed E-state index contributed by atoms with van der Waals surface area (Å²) < 4.78 is 24.1. The molecule has 7 heteroatoms. The summed E-state index contributed by atoms with van der Waals surface area (Å²) in [6, 6.07) is 14.9. The maximum absolute atomic E-state index is 13.9. The molecule has 0 aliphatic rings. The van der Waals surface area contributed by atoms with Crippen molar-refractivity contribution in [1.29, 1.82) is 0 Å². The van der Waals surface area contributed by atoms with E-state index in [1.807, 2.05) is 0 Å². The van der Waals surface area contributed by atoms with Crippen LogP contribution < -0.4 is 4.74 Å². The minimum atomic E-state index is -0.437. The summed E-state index contributed by atoms with van der Waals surface area (Å²) in [5.41, 5.74) is 2.41. The Morgan fingerprint density at radius 2 is 1.93 bits per heavy atom. The molecule has 0 fully saturated rings. The fourth-order valence-corrected chi connectivity index (χ4v) is 3.01. The zero-order chi connectivity index (χ0) is 20.1. The van der Waals surface area contributed by atoms with Crippen molar-refractivity contribution < 1.29 is 18.7 Å². The standard InChI is InChI=1S/C21H16Cl2FNO3/c1-27-21(26)10-13-5-8-16(17(23)9-13)19-3-2-4-20(25-19)28-12-14-6-7-15(22)11-18(14)24/h2-9,11H,10,12H2,1H3. The summed E-state index contributed by atoms with van der Waals surface area (Å²) >= 11 is 12.1. The van der Waals surface area contributed by atoms with Gasteiger partial charge in [-0.15, -0.1) is 0 Å². The van der Waals surface area contributed by atoms with E-state index in [0.29, 0.717) is 32.7 Å². The molecule has 2 aromatic carbocycles. The van der Waals surface area contributed by atoms with Gasteiger partial charge < -0.3 is 9.47 Å². The third-order valence-electron chi connectivity index (χ3n) is 4.00. The van der Waals surface area contributed by atoms with E-state index in [0.717, 1.165) is 5.56 Å². The summed E-state index contributed by atoms with van der Waals surface area (Å²) in [7, 11) is 1.34. The normalized spacial score (nSPS) is 10.6. The number of carbonyl (C=O) groups excluding carboxylic acids is 1. The van der Waals surface area contributed by atoms with Crippen molar-refractivity contribution in [2.24, 2.45) is 0 Å². The van der Waals surface area contributed by atoms with Crippen LogP contribution in [0.25, 0.3) is 11.3 Å². The van der Waals surface area contributed by atoms with Gasteiger partial charge in [-0.05, 0) is 29.8 Å². The molecule has 0 amide bonds. The topological polar surface area (TPSA) is 48.4 Å². The van der Waals surface area contributed by atoms with E-state index in [1.54, 1.807) is 48.5 Å². The van der Waals surface area contributed by atoms with E-state index >= 15 is 0 Å². The lowest BCUT2D eigenvalue weighted by atomic mass is 10.1. The van der Waals surface area contributed by atoms with E-state index in [2.05, 4.69) is 9.72 Å². The van der Waals surface area contributed by atoms with Gasteiger partial charge in [0, 0.05) is 22.2 Å². The van der Waals surface area contributed by atoms with E-state index in [-0.39, 0.29) is 19.0 Å². The molecule has 144 valence electrons. The molecule has 3 aromatic rings. The highest BCUT2D eigenvalue weighted by molar-refractivity contribution is 6.33. The zero-order valence-corrected chi connectivity index (χ0v) is 16.4. The molecule has 3 rings (SSSR count). The predicted molar refractivity (Wildman–Crippen MR) is 106 cm³/mol. The highest BCUT2D eigenvalue weighted by atomic mass is 35.5. The fraction of sp³-hybridized carbons (Fsp3) is 0.143. The average Bonchev–Trinajstić information content (AvgIpc) is 2.67. The van der Waals surface area contributed by atoms with Crippen molar-refractivity contribution in [1.82, 2.24) is 4.98 Å². The molecular weight excluding hydrogens is 404 g/mol. The van der Waals surface area contributed by atoms with E-state index < -0.39 is 5.82 Å². The number of pyridine rings is 1. The number of hydrogen-bond donors (Lipinski definition) is 0. The van der Waals surface area contributed by atoms with Gasteiger partial charge in [0.25, 0.3) is 0 Å². The first-order valence-electron chi connectivity index (χ1n) is 8.35. The van der Waals surface area contributed by atoms with Gasteiger partial charge in [0.1, 0.15) is 12.4 Å². The maximum atomic E-state index is 13.9. The van der Waals surface area contributed by atoms with E-state index in [9.17, 15) is 9.18 Å². The lowest BCUT2D eigenvalue weighted by molar-refractivity contribution is -0.139. The number of hydrogen-bond acceptors (Lipinski definition) is 4. The van der Waals surface area contributed by atoms with Crippen molar-refractivity contribution in [2.45, 2.75) is 13.0 Å². The zero-order valence-electron chi connectivity index (χ0n) is 14.9. The highest BCUT2D eigenvalue weighted by Gasteiger charge is 2.10. The molecule has 0 aliphatic heterocycles. The van der Waals surface area contributed by atoms with Crippen LogP contribution in [0.15, 0.2) is 54.6 Å². The maximum Gasteiger partial charge on any atom is 0.309 e. The minimum absolute atomic E-state index is 0.0191. The van der Waals surface area contributed by atoms with Crippen molar-refractivity contribution in [3.8, 4) is 17.1 Å². The Labute approximate surface area is 171 Å². The van der Waals surface area contributed by atoms with Crippen LogP contribution in [-0.4, -0.2) is 18.1 Å². The van der Waals surface area contributed by atoms with Gasteiger partial charge in [-0.3, -0.25) is 4.79 Å². The molecule has 0 saturated carbocycles. The summed E-state index contributed by atoms with van der Waals surface area (Å²) in [4.78, 5) is 15.8. The Hall–Kier alpha value is -2.63. The van der Waals surface area contributed by atoms with Crippen molar-refractivity contribution in [3.05, 3.63) is 81.6 Å². The van der Waals surface area contributed by atoms with Gasteiger partial charge in [0.05, 0.1) is 24.2 Å². The first-order chi connectivity index (χ1) is 13.5. The monoisotopic (exact) mass is 419 g/mol.